The van der Waals surface area contributed by atoms with Gasteiger partial charge in [-0.2, -0.15) is 0 Å². The Morgan fingerprint density at radius 1 is 1.03 bits per heavy atom. The van der Waals surface area contributed by atoms with Crippen molar-refractivity contribution in [1.82, 2.24) is 10.6 Å². The lowest BCUT2D eigenvalue weighted by Crippen LogP contribution is -3.14. The van der Waals surface area contributed by atoms with Crippen LogP contribution in [0.3, 0.4) is 0 Å². The van der Waals surface area contributed by atoms with Crippen molar-refractivity contribution in [2.24, 2.45) is 0 Å². The molecule has 1 aromatic carbocycles. The molecule has 1 aromatic heterocycles. The summed E-state index contributed by atoms with van der Waals surface area (Å²) in [6.07, 6.45) is 1.55. The number of para-hydroxylation sites is 1. The molecule has 0 radical (unpaired) electrons. The summed E-state index contributed by atoms with van der Waals surface area (Å²) in [5, 5.41) is 5.55. The molecule has 3 N–H and O–H groups in total. The number of hydrogen-bond donors (Lipinski definition) is 3. The Hall–Kier alpha value is -3.13. The molecular formula is C21H29N4O4+. The van der Waals surface area contributed by atoms with Gasteiger partial charge in [0.05, 0.1) is 30.6 Å². The summed E-state index contributed by atoms with van der Waals surface area (Å²) < 4.78 is 5.23. The molecule has 1 atom stereocenters. The van der Waals surface area contributed by atoms with E-state index < -0.39 is 0 Å². The Morgan fingerprint density at radius 2 is 1.79 bits per heavy atom. The number of amides is 3. The fourth-order valence-corrected chi connectivity index (χ4v) is 2.90. The summed E-state index contributed by atoms with van der Waals surface area (Å²) in [5.74, 6) is 0.0985. The highest BCUT2D eigenvalue weighted by Gasteiger charge is 2.23. The average molecular weight is 401 g/mol. The zero-order valence-corrected chi connectivity index (χ0v) is 17.2. The normalized spacial score (nSPS) is 11.6. The first-order chi connectivity index (χ1) is 14.0. The molecule has 0 saturated heterocycles. The van der Waals surface area contributed by atoms with Crippen molar-refractivity contribution >= 4 is 23.4 Å². The molecular weight excluding hydrogens is 372 g/mol. The Bertz CT molecular complexity index is 820. The highest BCUT2D eigenvalue weighted by Crippen LogP contribution is 2.19. The summed E-state index contributed by atoms with van der Waals surface area (Å²) in [4.78, 5) is 39.6. The standard InChI is InChI=1S/C21H28N4O4/c1-4-22-19(26)14-25(5-2)15-20(27)24(3)18-11-7-6-10-17(18)21(28)23-13-16-9-8-12-29-16/h6-12H,4-5,13-15H2,1-3H3,(H,22,26)(H,23,28)/p+1. The van der Waals surface area contributed by atoms with Gasteiger partial charge >= 0.3 is 0 Å². The molecule has 0 fully saturated rings. The molecule has 0 aliphatic rings. The second kappa shape index (κ2) is 11.0. The van der Waals surface area contributed by atoms with Crippen LogP contribution in [0, 0.1) is 0 Å². The van der Waals surface area contributed by atoms with E-state index in [0.29, 0.717) is 30.1 Å². The minimum Gasteiger partial charge on any atom is -0.467 e. The van der Waals surface area contributed by atoms with Gasteiger partial charge in [0.15, 0.2) is 13.1 Å². The lowest BCUT2D eigenvalue weighted by molar-refractivity contribution is -0.881. The molecule has 156 valence electrons. The van der Waals surface area contributed by atoms with Gasteiger partial charge in [0.2, 0.25) is 0 Å². The third kappa shape index (κ3) is 6.46. The van der Waals surface area contributed by atoms with Crippen molar-refractivity contribution in [3.63, 3.8) is 0 Å². The summed E-state index contributed by atoms with van der Waals surface area (Å²) in [7, 11) is 1.64. The first-order valence-electron chi connectivity index (χ1n) is 9.72. The van der Waals surface area contributed by atoms with E-state index in [0.717, 1.165) is 4.90 Å². The SMILES string of the molecule is CCNC(=O)C[NH+](CC)CC(=O)N(C)c1ccccc1C(=O)NCc1ccco1. The van der Waals surface area contributed by atoms with Gasteiger partial charge in [0.1, 0.15) is 5.76 Å². The number of rotatable bonds is 10. The van der Waals surface area contributed by atoms with E-state index in [9.17, 15) is 14.4 Å². The zero-order chi connectivity index (χ0) is 21.2. The van der Waals surface area contributed by atoms with Crippen LogP contribution < -0.4 is 20.4 Å². The fraction of sp³-hybridized carbons (Fsp3) is 0.381. The van der Waals surface area contributed by atoms with Crippen LogP contribution in [-0.2, 0) is 16.1 Å². The number of benzene rings is 1. The molecule has 0 spiro atoms. The number of carbonyl (C=O) groups excluding carboxylic acids is 3. The minimum atomic E-state index is -0.293. The van der Waals surface area contributed by atoms with Crippen molar-refractivity contribution in [2.45, 2.75) is 20.4 Å². The van der Waals surface area contributed by atoms with Gasteiger partial charge in [-0.1, -0.05) is 12.1 Å². The minimum absolute atomic E-state index is 0.0856. The molecule has 0 aliphatic heterocycles. The molecule has 8 nitrogen and oxygen atoms in total. The molecule has 3 amide bonds. The van der Waals surface area contributed by atoms with E-state index in [1.165, 1.54) is 4.90 Å². The lowest BCUT2D eigenvalue weighted by Gasteiger charge is -2.23. The van der Waals surface area contributed by atoms with Crippen molar-refractivity contribution in [3.05, 3.63) is 54.0 Å². The Kier molecular flexibility index (Phi) is 8.42. The topological polar surface area (TPSA) is 96.1 Å². The first-order valence-corrected chi connectivity index (χ1v) is 9.72. The maximum absolute atomic E-state index is 12.8. The summed E-state index contributed by atoms with van der Waals surface area (Å²) in [5.41, 5.74) is 0.916. The van der Waals surface area contributed by atoms with Crippen LogP contribution >= 0.6 is 0 Å². The molecule has 8 heteroatoms. The molecule has 2 rings (SSSR count). The number of carbonyl (C=O) groups is 3. The number of furan rings is 1. The molecule has 1 unspecified atom stereocenters. The number of anilines is 1. The highest BCUT2D eigenvalue weighted by molar-refractivity contribution is 6.04. The molecule has 0 bridgehead atoms. The second-order valence-corrected chi connectivity index (χ2v) is 6.64. The van der Waals surface area contributed by atoms with E-state index >= 15 is 0 Å². The van der Waals surface area contributed by atoms with Crippen LogP contribution in [0.1, 0.15) is 30.0 Å². The van der Waals surface area contributed by atoms with Crippen molar-refractivity contribution in [1.29, 1.82) is 0 Å². The van der Waals surface area contributed by atoms with Crippen LogP contribution in [-0.4, -0.2) is 50.9 Å². The number of nitrogens with one attached hydrogen (secondary N) is 3. The third-order valence-electron chi connectivity index (χ3n) is 4.57. The number of quaternary nitrogens is 1. The maximum atomic E-state index is 12.8. The van der Waals surface area contributed by atoms with Gasteiger partial charge in [0.25, 0.3) is 17.7 Å². The number of hydrogen-bond acceptors (Lipinski definition) is 4. The summed E-state index contributed by atoms with van der Waals surface area (Å²) in [6, 6.07) is 10.5. The fourth-order valence-electron chi connectivity index (χ4n) is 2.90. The highest BCUT2D eigenvalue weighted by atomic mass is 16.3. The van der Waals surface area contributed by atoms with E-state index in [4.69, 9.17) is 4.42 Å². The van der Waals surface area contributed by atoms with Crippen LogP contribution in [0.25, 0.3) is 0 Å². The second-order valence-electron chi connectivity index (χ2n) is 6.64. The van der Waals surface area contributed by atoms with Gasteiger partial charge in [-0.05, 0) is 38.1 Å². The Morgan fingerprint density at radius 3 is 2.45 bits per heavy atom. The smallest absolute Gasteiger partial charge is 0.281 e. The van der Waals surface area contributed by atoms with E-state index in [2.05, 4.69) is 10.6 Å². The van der Waals surface area contributed by atoms with Gasteiger partial charge in [0, 0.05) is 13.6 Å². The number of nitrogens with zero attached hydrogens (tertiary/aromatic N) is 1. The zero-order valence-electron chi connectivity index (χ0n) is 17.2. The summed E-state index contributed by atoms with van der Waals surface area (Å²) in [6.45, 7) is 5.64. The van der Waals surface area contributed by atoms with Crippen LogP contribution in [0.15, 0.2) is 47.1 Å². The van der Waals surface area contributed by atoms with Crippen molar-refractivity contribution < 1.29 is 23.7 Å². The molecule has 0 saturated carbocycles. The van der Waals surface area contributed by atoms with E-state index in [1.54, 1.807) is 49.7 Å². The van der Waals surface area contributed by atoms with Gasteiger partial charge in [-0.3, -0.25) is 14.4 Å². The molecule has 0 aliphatic carbocycles. The molecule has 1 heterocycles. The van der Waals surface area contributed by atoms with Crippen LogP contribution in [0.5, 0.6) is 0 Å². The lowest BCUT2D eigenvalue weighted by atomic mass is 10.1. The van der Waals surface area contributed by atoms with Crippen molar-refractivity contribution in [3.8, 4) is 0 Å². The molecule has 2 aromatic rings. The van der Waals surface area contributed by atoms with Gasteiger partial charge in [-0.15, -0.1) is 0 Å². The van der Waals surface area contributed by atoms with Crippen LogP contribution in [0.4, 0.5) is 5.69 Å². The van der Waals surface area contributed by atoms with E-state index in [1.807, 2.05) is 13.8 Å². The van der Waals surface area contributed by atoms with E-state index in [-0.39, 0.29) is 37.4 Å². The van der Waals surface area contributed by atoms with Crippen molar-refractivity contribution in [2.75, 3.05) is 38.1 Å². The van der Waals surface area contributed by atoms with Gasteiger partial charge < -0.3 is 24.9 Å². The van der Waals surface area contributed by atoms with Gasteiger partial charge in [-0.25, -0.2) is 0 Å². The predicted molar refractivity (Wildman–Crippen MR) is 110 cm³/mol. The Balaban J connectivity index is 2.05. The maximum Gasteiger partial charge on any atom is 0.281 e. The first kappa shape index (κ1) is 22.2. The van der Waals surface area contributed by atoms with Crippen LogP contribution in [0.2, 0.25) is 0 Å². The molecule has 29 heavy (non-hydrogen) atoms. The number of likely N-dealkylation sites (N-methyl/N-ethyl adjacent to an activating group) is 3. The predicted octanol–water partition coefficient (Wildman–Crippen LogP) is 0.213. The Labute approximate surface area is 170 Å². The largest absolute Gasteiger partial charge is 0.467 e. The quantitative estimate of drug-likeness (QED) is 0.530. The third-order valence-corrected chi connectivity index (χ3v) is 4.57. The average Bonchev–Trinajstić information content (AvgIpc) is 3.24. The summed E-state index contributed by atoms with van der Waals surface area (Å²) >= 11 is 0. The monoisotopic (exact) mass is 401 g/mol.